The molecule has 1 aromatic carbocycles. The van der Waals surface area contributed by atoms with Crippen molar-refractivity contribution >= 4 is 0 Å². The molecule has 0 aliphatic carbocycles. The second-order valence-electron chi connectivity index (χ2n) is 3.65. The predicted octanol–water partition coefficient (Wildman–Crippen LogP) is 0.749. The smallest absolute Gasteiger partial charge is 0.123 e. The minimum absolute atomic E-state index is 0.0918. The number of likely N-dealkylation sites (N-methyl/N-ethyl adjacent to an activating group) is 2. The van der Waals surface area contributed by atoms with Crippen LogP contribution in [0.25, 0.3) is 0 Å². The lowest BCUT2D eigenvalue weighted by Crippen LogP contribution is -2.26. The molecule has 4 nitrogen and oxygen atoms in total. The highest BCUT2D eigenvalue weighted by Crippen LogP contribution is 2.23. The lowest BCUT2D eigenvalue weighted by molar-refractivity contribution is 0.321. The molecule has 1 aromatic rings. The highest BCUT2D eigenvalue weighted by molar-refractivity contribution is 5.38. The first-order valence-electron chi connectivity index (χ1n) is 4.97. The Labute approximate surface area is 90.2 Å². The summed E-state index contributed by atoms with van der Waals surface area (Å²) in [4.78, 5) is 2.10. The van der Waals surface area contributed by atoms with Crippen molar-refractivity contribution in [1.82, 2.24) is 10.2 Å². The van der Waals surface area contributed by atoms with Gasteiger partial charge in [-0.1, -0.05) is 6.07 Å². The van der Waals surface area contributed by atoms with Crippen LogP contribution >= 0.6 is 0 Å². The van der Waals surface area contributed by atoms with Crippen LogP contribution in [0, 0.1) is 0 Å². The van der Waals surface area contributed by atoms with Crippen LogP contribution in [0.3, 0.4) is 0 Å². The number of nitrogens with zero attached hydrogens (tertiary/aromatic N) is 1. The maximum absolute atomic E-state index is 9.56. The Bertz CT molecular complexity index is 315. The molecule has 3 N–H and O–H groups in total. The van der Waals surface area contributed by atoms with Gasteiger partial charge >= 0.3 is 0 Å². The number of aromatic hydroxyl groups is 2. The molecular formula is C11H18N2O2. The van der Waals surface area contributed by atoms with Crippen molar-refractivity contribution in [2.45, 2.75) is 6.54 Å². The van der Waals surface area contributed by atoms with Gasteiger partial charge in [0.05, 0.1) is 0 Å². The van der Waals surface area contributed by atoms with E-state index in [1.807, 2.05) is 14.1 Å². The quantitative estimate of drug-likeness (QED) is 0.671. The van der Waals surface area contributed by atoms with Crippen molar-refractivity contribution in [3.05, 3.63) is 23.8 Å². The maximum atomic E-state index is 9.56. The fourth-order valence-corrected chi connectivity index (χ4v) is 1.36. The Morgan fingerprint density at radius 3 is 2.67 bits per heavy atom. The van der Waals surface area contributed by atoms with Gasteiger partial charge in [-0.15, -0.1) is 0 Å². The van der Waals surface area contributed by atoms with Crippen LogP contribution < -0.4 is 5.32 Å². The van der Waals surface area contributed by atoms with E-state index in [-0.39, 0.29) is 11.5 Å². The Hall–Kier alpha value is -1.26. The van der Waals surface area contributed by atoms with Crippen LogP contribution in [0.4, 0.5) is 0 Å². The van der Waals surface area contributed by atoms with Crippen molar-refractivity contribution in [2.24, 2.45) is 0 Å². The van der Waals surface area contributed by atoms with Crippen LogP contribution in [-0.4, -0.2) is 42.3 Å². The van der Waals surface area contributed by atoms with E-state index in [4.69, 9.17) is 5.11 Å². The summed E-state index contributed by atoms with van der Waals surface area (Å²) in [5, 5.41) is 21.8. The Morgan fingerprint density at radius 2 is 2.07 bits per heavy atom. The summed E-state index contributed by atoms with van der Waals surface area (Å²) in [7, 11) is 3.90. The molecular weight excluding hydrogens is 192 g/mol. The molecule has 4 heteroatoms. The highest BCUT2D eigenvalue weighted by atomic mass is 16.3. The largest absolute Gasteiger partial charge is 0.508 e. The van der Waals surface area contributed by atoms with Crippen molar-refractivity contribution in [3.63, 3.8) is 0 Å². The summed E-state index contributed by atoms with van der Waals surface area (Å²) in [6.45, 7) is 2.50. The summed E-state index contributed by atoms with van der Waals surface area (Å²) < 4.78 is 0. The van der Waals surface area contributed by atoms with Gasteiger partial charge in [0.25, 0.3) is 0 Å². The van der Waals surface area contributed by atoms with Crippen LogP contribution in [0.1, 0.15) is 5.56 Å². The predicted molar refractivity (Wildman–Crippen MR) is 60.0 cm³/mol. The molecule has 84 valence electrons. The third-order valence-corrected chi connectivity index (χ3v) is 2.25. The topological polar surface area (TPSA) is 55.7 Å². The molecule has 0 bridgehead atoms. The Morgan fingerprint density at radius 1 is 1.33 bits per heavy atom. The number of hydrogen-bond donors (Lipinski definition) is 3. The zero-order chi connectivity index (χ0) is 11.3. The standard InChI is InChI=1S/C11H18N2O2/c1-12-5-6-13(2)8-9-3-4-10(14)7-11(9)15/h3-4,7,12,14-15H,5-6,8H2,1-2H3. The van der Waals surface area contributed by atoms with Gasteiger partial charge in [-0.25, -0.2) is 0 Å². The van der Waals surface area contributed by atoms with Crippen LogP contribution in [0.5, 0.6) is 11.5 Å². The molecule has 0 unspecified atom stereocenters. The number of phenolic OH excluding ortho intramolecular Hbond substituents is 2. The molecule has 1 rings (SSSR count). The SMILES string of the molecule is CNCCN(C)Cc1ccc(O)cc1O. The molecule has 15 heavy (non-hydrogen) atoms. The monoisotopic (exact) mass is 210 g/mol. The van der Waals surface area contributed by atoms with Crippen molar-refractivity contribution in [3.8, 4) is 11.5 Å². The normalized spacial score (nSPS) is 10.9. The fourth-order valence-electron chi connectivity index (χ4n) is 1.36. The second kappa shape index (κ2) is 5.58. The molecule has 0 atom stereocenters. The first kappa shape index (κ1) is 11.8. The third-order valence-electron chi connectivity index (χ3n) is 2.25. The molecule has 0 amide bonds. The van der Waals surface area contributed by atoms with E-state index in [0.29, 0.717) is 6.54 Å². The summed E-state index contributed by atoms with van der Waals surface area (Å²) in [6, 6.07) is 4.68. The summed E-state index contributed by atoms with van der Waals surface area (Å²) in [5.41, 5.74) is 0.825. The molecule has 0 saturated heterocycles. The van der Waals surface area contributed by atoms with Gasteiger partial charge < -0.3 is 20.4 Å². The second-order valence-corrected chi connectivity index (χ2v) is 3.65. The van der Waals surface area contributed by atoms with Gasteiger partial charge in [-0.05, 0) is 20.2 Å². The molecule has 0 radical (unpaired) electrons. The van der Waals surface area contributed by atoms with Gasteiger partial charge in [0.2, 0.25) is 0 Å². The van der Waals surface area contributed by atoms with Gasteiger partial charge in [0, 0.05) is 31.3 Å². The average Bonchev–Trinajstić information content (AvgIpc) is 2.19. The Kier molecular flexibility index (Phi) is 4.39. The molecule has 0 spiro atoms. The maximum Gasteiger partial charge on any atom is 0.123 e. The van der Waals surface area contributed by atoms with E-state index >= 15 is 0 Å². The van der Waals surface area contributed by atoms with Crippen molar-refractivity contribution in [2.75, 3.05) is 27.2 Å². The Balaban J connectivity index is 2.56. The zero-order valence-corrected chi connectivity index (χ0v) is 9.20. The minimum Gasteiger partial charge on any atom is -0.508 e. The van der Waals surface area contributed by atoms with Gasteiger partial charge in [0.15, 0.2) is 0 Å². The molecule has 0 saturated carbocycles. The lowest BCUT2D eigenvalue weighted by Gasteiger charge is -2.17. The van der Waals surface area contributed by atoms with E-state index in [9.17, 15) is 5.11 Å². The molecule has 0 heterocycles. The summed E-state index contributed by atoms with van der Waals surface area (Å²) in [6.07, 6.45) is 0. The van der Waals surface area contributed by atoms with Crippen LogP contribution in [0.15, 0.2) is 18.2 Å². The van der Waals surface area contributed by atoms with E-state index in [0.717, 1.165) is 18.7 Å². The van der Waals surface area contributed by atoms with E-state index in [1.165, 1.54) is 6.07 Å². The lowest BCUT2D eigenvalue weighted by atomic mass is 10.2. The van der Waals surface area contributed by atoms with Gasteiger partial charge in [0.1, 0.15) is 11.5 Å². The van der Waals surface area contributed by atoms with Crippen molar-refractivity contribution < 1.29 is 10.2 Å². The summed E-state index contributed by atoms with van der Waals surface area (Å²) >= 11 is 0. The molecule has 0 aromatic heterocycles. The van der Waals surface area contributed by atoms with E-state index < -0.39 is 0 Å². The summed E-state index contributed by atoms with van der Waals surface area (Å²) in [5.74, 6) is 0.237. The first-order chi connectivity index (χ1) is 7.13. The number of phenols is 2. The first-order valence-corrected chi connectivity index (χ1v) is 4.97. The van der Waals surface area contributed by atoms with Gasteiger partial charge in [-0.2, -0.15) is 0 Å². The van der Waals surface area contributed by atoms with E-state index in [2.05, 4.69) is 10.2 Å². The number of benzene rings is 1. The number of nitrogens with one attached hydrogen (secondary N) is 1. The molecule has 0 aliphatic rings. The molecule has 0 fully saturated rings. The minimum atomic E-state index is 0.0918. The third kappa shape index (κ3) is 3.77. The van der Waals surface area contributed by atoms with Crippen molar-refractivity contribution in [1.29, 1.82) is 0 Å². The zero-order valence-electron chi connectivity index (χ0n) is 9.20. The van der Waals surface area contributed by atoms with Crippen LogP contribution in [0.2, 0.25) is 0 Å². The molecule has 0 aliphatic heterocycles. The number of rotatable bonds is 5. The highest BCUT2D eigenvalue weighted by Gasteiger charge is 2.05. The average molecular weight is 210 g/mol. The van der Waals surface area contributed by atoms with Crippen LogP contribution in [-0.2, 0) is 6.54 Å². The fraction of sp³-hybridized carbons (Fsp3) is 0.455. The number of hydrogen-bond acceptors (Lipinski definition) is 4. The van der Waals surface area contributed by atoms with E-state index in [1.54, 1.807) is 12.1 Å². The van der Waals surface area contributed by atoms with Gasteiger partial charge in [-0.3, -0.25) is 0 Å².